The number of rotatable bonds is 4. The molecule has 0 amide bonds. The van der Waals surface area contributed by atoms with Gasteiger partial charge in [-0.05, 0) is 37.1 Å². The Labute approximate surface area is 142 Å². The Morgan fingerprint density at radius 1 is 1.00 bits per heavy atom. The summed E-state index contributed by atoms with van der Waals surface area (Å²) in [6.07, 6.45) is 4.04. The van der Waals surface area contributed by atoms with Crippen molar-refractivity contribution in [1.29, 1.82) is 0 Å². The molecule has 2 heterocycles. The molecular formula is C20H21N3O. The van der Waals surface area contributed by atoms with E-state index < -0.39 is 0 Å². The Hall–Kier alpha value is -2.62. The van der Waals surface area contributed by atoms with Crippen molar-refractivity contribution in [3.05, 3.63) is 60.9 Å². The van der Waals surface area contributed by atoms with E-state index in [-0.39, 0.29) is 0 Å². The first-order valence-electron chi connectivity index (χ1n) is 8.53. The highest BCUT2D eigenvalue weighted by atomic mass is 16.5. The summed E-state index contributed by atoms with van der Waals surface area (Å²) in [5, 5.41) is 1.13. The Morgan fingerprint density at radius 3 is 2.75 bits per heavy atom. The molecule has 1 aromatic heterocycles. The van der Waals surface area contributed by atoms with Crippen molar-refractivity contribution in [2.24, 2.45) is 5.92 Å². The summed E-state index contributed by atoms with van der Waals surface area (Å²) in [7, 11) is 0. The standard InChI is InChI=1S/C20H21N3O/c1-2-8-17(9-3-1)24-14-16-7-6-12-23(13-16)20-18-10-4-5-11-19(18)21-15-22-20/h1-5,8-11,15-16H,6-7,12-14H2. The third-order valence-electron chi connectivity index (χ3n) is 4.57. The summed E-state index contributed by atoms with van der Waals surface area (Å²) < 4.78 is 5.96. The van der Waals surface area contributed by atoms with Crippen LogP contribution in [0, 0.1) is 5.92 Å². The summed E-state index contributed by atoms with van der Waals surface area (Å²) in [6.45, 7) is 2.78. The fourth-order valence-electron chi connectivity index (χ4n) is 3.37. The topological polar surface area (TPSA) is 38.2 Å². The highest BCUT2D eigenvalue weighted by Gasteiger charge is 2.22. The first-order valence-corrected chi connectivity index (χ1v) is 8.53. The van der Waals surface area contributed by atoms with Gasteiger partial charge in [0.2, 0.25) is 0 Å². The van der Waals surface area contributed by atoms with Crippen LogP contribution in [0.3, 0.4) is 0 Å². The molecule has 1 saturated heterocycles. The van der Waals surface area contributed by atoms with Gasteiger partial charge in [-0.1, -0.05) is 30.3 Å². The molecule has 1 unspecified atom stereocenters. The maximum atomic E-state index is 5.96. The van der Waals surface area contributed by atoms with Crippen molar-refractivity contribution < 1.29 is 4.74 Å². The number of para-hydroxylation sites is 2. The first kappa shape index (κ1) is 14.9. The van der Waals surface area contributed by atoms with Gasteiger partial charge in [-0.3, -0.25) is 0 Å². The van der Waals surface area contributed by atoms with Crippen molar-refractivity contribution in [3.8, 4) is 5.75 Å². The number of aromatic nitrogens is 2. The molecule has 0 N–H and O–H groups in total. The van der Waals surface area contributed by atoms with Gasteiger partial charge < -0.3 is 9.64 Å². The minimum atomic E-state index is 0.521. The maximum Gasteiger partial charge on any atom is 0.139 e. The zero-order valence-electron chi connectivity index (χ0n) is 13.6. The van der Waals surface area contributed by atoms with Crippen LogP contribution in [0.2, 0.25) is 0 Å². The van der Waals surface area contributed by atoms with Crippen molar-refractivity contribution in [2.75, 3.05) is 24.6 Å². The molecule has 0 saturated carbocycles. The van der Waals surface area contributed by atoms with Crippen LogP contribution in [0.4, 0.5) is 5.82 Å². The summed E-state index contributed by atoms with van der Waals surface area (Å²) in [5.41, 5.74) is 1.00. The van der Waals surface area contributed by atoms with Crippen molar-refractivity contribution >= 4 is 16.7 Å². The molecular weight excluding hydrogens is 298 g/mol. The van der Waals surface area contributed by atoms with Gasteiger partial charge in [0.05, 0.1) is 12.1 Å². The molecule has 1 aliphatic heterocycles. The second kappa shape index (κ2) is 6.87. The van der Waals surface area contributed by atoms with Gasteiger partial charge in [-0.25, -0.2) is 9.97 Å². The molecule has 1 aliphatic rings. The van der Waals surface area contributed by atoms with E-state index >= 15 is 0 Å². The van der Waals surface area contributed by atoms with Gasteiger partial charge in [0.15, 0.2) is 0 Å². The molecule has 0 spiro atoms. The van der Waals surface area contributed by atoms with E-state index in [0.29, 0.717) is 5.92 Å². The average molecular weight is 319 g/mol. The molecule has 2 aromatic carbocycles. The number of nitrogens with zero attached hydrogens (tertiary/aromatic N) is 3. The lowest BCUT2D eigenvalue weighted by molar-refractivity contribution is 0.228. The molecule has 3 aromatic rings. The molecule has 24 heavy (non-hydrogen) atoms. The Morgan fingerprint density at radius 2 is 1.83 bits per heavy atom. The smallest absolute Gasteiger partial charge is 0.139 e. The van der Waals surface area contributed by atoms with E-state index in [1.165, 1.54) is 12.8 Å². The summed E-state index contributed by atoms with van der Waals surface area (Å²) >= 11 is 0. The number of piperidine rings is 1. The highest BCUT2D eigenvalue weighted by molar-refractivity contribution is 5.89. The number of ether oxygens (including phenoxy) is 1. The normalized spacial score (nSPS) is 17.8. The molecule has 0 aliphatic carbocycles. The first-order chi connectivity index (χ1) is 11.9. The minimum absolute atomic E-state index is 0.521. The second-order valence-corrected chi connectivity index (χ2v) is 6.29. The second-order valence-electron chi connectivity index (χ2n) is 6.29. The maximum absolute atomic E-state index is 5.96. The van der Waals surface area contributed by atoms with Crippen LogP contribution in [-0.2, 0) is 0 Å². The van der Waals surface area contributed by atoms with Gasteiger partial charge >= 0.3 is 0 Å². The average Bonchev–Trinajstić information content (AvgIpc) is 2.67. The third kappa shape index (κ3) is 3.18. The molecule has 1 atom stereocenters. The largest absolute Gasteiger partial charge is 0.493 e. The van der Waals surface area contributed by atoms with Crippen LogP contribution in [-0.4, -0.2) is 29.7 Å². The minimum Gasteiger partial charge on any atom is -0.493 e. The zero-order valence-corrected chi connectivity index (χ0v) is 13.6. The number of fused-ring (bicyclic) bond motifs is 1. The number of anilines is 1. The van der Waals surface area contributed by atoms with Crippen LogP contribution in [0.25, 0.3) is 10.9 Å². The fraction of sp³-hybridized carbons (Fsp3) is 0.300. The van der Waals surface area contributed by atoms with E-state index in [1.807, 2.05) is 42.5 Å². The number of hydrogen-bond acceptors (Lipinski definition) is 4. The van der Waals surface area contributed by atoms with Gasteiger partial charge in [-0.15, -0.1) is 0 Å². The highest BCUT2D eigenvalue weighted by Crippen LogP contribution is 2.27. The Bertz CT molecular complexity index is 801. The van der Waals surface area contributed by atoms with Crippen molar-refractivity contribution in [1.82, 2.24) is 9.97 Å². The summed E-state index contributed by atoms with van der Waals surface area (Å²) in [4.78, 5) is 11.3. The predicted octanol–water partition coefficient (Wildman–Crippen LogP) is 3.93. The number of benzene rings is 2. The lowest BCUT2D eigenvalue weighted by atomic mass is 9.98. The third-order valence-corrected chi connectivity index (χ3v) is 4.57. The van der Waals surface area contributed by atoms with E-state index in [9.17, 15) is 0 Å². The van der Waals surface area contributed by atoms with Gasteiger partial charge in [0.1, 0.15) is 17.9 Å². The zero-order chi connectivity index (χ0) is 16.2. The SMILES string of the molecule is c1ccc(OCC2CCCN(c3ncnc4ccccc34)C2)cc1. The Kier molecular flexibility index (Phi) is 4.28. The quantitative estimate of drug-likeness (QED) is 0.730. The molecule has 0 bridgehead atoms. The molecule has 4 rings (SSSR count). The summed E-state index contributed by atoms with van der Waals surface area (Å²) in [6, 6.07) is 18.3. The summed E-state index contributed by atoms with van der Waals surface area (Å²) in [5.74, 6) is 2.51. The Balaban J connectivity index is 1.48. The van der Waals surface area contributed by atoms with E-state index in [2.05, 4.69) is 27.0 Å². The van der Waals surface area contributed by atoms with Crippen molar-refractivity contribution in [3.63, 3.8) is 0 Å². The molecule has 4 nitrogen and oxygen atoms in total. The van der Waals surface area contributed by atoms with Crippen LogP contribution < -0.4 is 9.64 Å². The fourth-order valence-corrected chi connectivity index (χ4v) is 3.37. The lowest BCUT2D eigenvalue weighted by Gasteiger charge is -2.34. The van der Waals surface area contributed by atoms with Crippen molar-refractivity contribution in [2.45, 2.75) is 12.8 Å². The molecule has 122 valence electrons. The molecule has 1 fully saturated rings. The number of hydrogen-bond donors (Lipinski definition) is 0. The van der Waals surface area contributed by atoms with Gasteiger partial charge in [-0.2, -0.15) is 0 Å². The van der Waals surface area contributed by atoms with E-state index in [4.69, 9.17) is 4.74 Å². The predicted molar refractivity (Wildman–Crippen MR) is 96.4 cm³/mol. The molecule has 4 heteroatoms. The van der Waals surface area contributed by atoms with Crippen LogP contribution >= 0.6 is 0 Å². The van der Waals surface area contributed by atoms with Crippen LogP contribution in [0.5, 0.6) is 5.75 Å². The van der Waals surface area contributed by atoms with Gasteiger partial charge in [0.25, 0.3) is 0 Å². The van der Waals surface area contributed by atoms with Crippen LogP contribution in [0.1, 0.15) is 12.8 Å². The molecule has 0 radical (unpaired) electrons. The van der Waals surface area contributed by atoms with Gasteiger partial charge in [0, 0.05) is 24.4 Å². The van der Waals surface area contributed by atoms with E-state index in [1.54, 1.807) is 6.33 Å². The monoisotopic (exact) mass is 319 g/mol. The van der Waals surface area contributed by atoms with E-state index in [0.717, 1.165) is 42.2 Å². The lowest BCUT2D eigenvalue weighted by Crippen LogP contribution is -2.38. The van der Waals surface area contributed by atoms with Crippen LogP contribution in [0.15, 0.2) is 60.9 Å².